The van der Waals surface area contributed by atoms with Gasteiger partial charge in [-0.1, -0.05) is 0 Å². The summed E-state index contributed by atoms with van der Waals surface area (Å²) in [6.45, 7) is 3.90. The molecule has 100 valence electrons. The maximum Gasteiger partial charge on any atom is 0.0724 e. The van der Waals surface area contributed by atoms with Crippen molar-refractivity contribution in [1.82, 2.24) is 4.90 Å². The van der Waals surface area contributed by atoms with Gasteiger partial charge in [-0.2, -0.15) is 23.5 Å². The molecule has 5 heteroatoms. The molecular weight excluding hydrogens is 254 g/mol. The van der Waals surface area contributed by atoms with Gasteiger partial charge in [0.1, 0.15) is 0 Å². The molecule has 3 nitrogen and oxygen atoms in total. The van der Waals surface area contributed by atoms with Crippen LogP contribution < -0.4 is 0 Å². The Labute approximate surface area is 113 Å². The van der Waals surface area contributed by atoms with Crippen molar-refractivity contribution < 1.29 is 9.47 Å². The van der Waals surface area contributed by atoms with E-state index < -0.39 is 0 Å². The molecule has 0 aliphatic carbocycles. The molecule has 0 saturated carbocycles. The zero-order valence-corrected chi connectivity index (χ0v) is 12.2. The van der Waals surface area contributed by atoms with Gasteiger partial charge in [0.25, 0.3) is 0 Å². The SMILES string of the molecule is COCC[C@@H]1CN(C2CSCCSC2)CCO1. The molecule has 0 radical (unpaired) electrons. The van der Waals surface area contributed by atoms with E-state index in [1.54, 1.807) is 7.11 Å². The van der Waals surface area contributed by atoms with Gasteiger partial charge in [-0.15, -0.1) is 0 Å². The van der Waals surface area contributed by atoms with Gasteiger partial charge in [-0.05, 0) is 6.42 Å². The molecule has 0 bridgehead atoms. The third-order valence-electron chi connectivity index (χ3n) is 3.32. The van der Waals surface area contributed by atoms with Crippen LogP contribution in [-0.2, 0) is 9.47 Å². The van der Waals surface area contributed by atoms with E-state index in [-0.39, 0.29) is 0 Å². The average molecular weight is 277 g/mol. The van der Waals surface area contributed by atoms with Crippen molar-refractivity contribution >= 4 is 23.5 Å². The van der Waals surface area contributed by atoms with E-state index in [9.17, 15) is 0 Å². The van der Waals surface area contributed by atoms with Crippen LogP contribution in [0.2, 0.25) is 0 Å². The van der Waals surface area contributed by atoms with Gasteiger partial charge in [0.15, 0.2) is 0 Å². The topological polar surface area (TPSA) is 21.7 Å². The Morgan fingerprint density at radius 1 is 1.29 bits per heavy atom. The van der Waals surface area contributed by atoms with E-state index in [4.69, 9.17) is 9.47 Å². The van der Waals surface area contributed by atoms with Gasteiger partial charge in [0, 0.05) is 55.9 Å². The van der Waals surface area contributed by atoms with Gasteiger partial charge in [0.05, 0.1) is 12.7 Å². The van der Waals surface area contributed by atoms with E-state index >= 15 is 0 Å². The molecule has 0 amide bonds. The number of methoxy groups -OCH3 is 1. The Hall–Kier alpha value is 0.580. The van der Waals surface area contributed by atoms with Gasteiger partial charge in [-0.3, -0.25) is 4.90 Å². The highest BCUT2D eigenvalue weighted by Gasteiger charge is 2.26. The first-order valence-corrected chi connectivity index (χ1v) is 8.71. The maximum absolute atomic E-state index is 5.80. The van der Waals surface area contributed by atoms with E-state index in [1.807, 2.05) is 0 Å². The predicted molar refractivity (Wildman–Crippen MR) is 76.2 cm³/mol. The smallest absolute Gasteiger partial charge is 0.0724 e. The number of rotatable bonds is 4. The maximum atomic E-state index is 5.80. The van der Waals surface area contributed by atoms with Crippen LogP contribution in [0.4, 0.5) is 0 Å². The van der Waals surface area contributed by atoms with Crippen molar-refractivity contribution in [3.8, 4) is 0 Å². The Kier molecular flexibility index (Phi) is 6.50. The summed E-state index contributed by atoms with van der Waals surface area (Å²) < 4.78 is 10.9. The summed E-state index contributed by atoms with van der Waals surface area (Å²) in [6, 6.07) is 0.751. The highest BCUT2D eigenvalue weighted by atomic mass is 32.2. The summed E-state index contributed by atoms with van der Waals surface area (Å²) in [7, 11) is 1.76. The Morgan fingerprint density at radius 2 is 2.06 bits per heavy atom. The van der Waals surface area contributed by atoms with E-state index in [2.05, 4.69) is 28.4 Å². The second kappa shape index (κ2) is 7.89. The molecule has 0 spiro atoms. The van der Waals surface area contributed by atoms with Crippen molar-refractivity contribution in [2.75, 3.05) is 56.4 Å². The molecule has 2 aliphatic rings. The van der Waals surface area contributed by atoms with Crippen LogP contribution in [0.1, 0.15) is 6.42 Å². The Balaban J connectivity index is 1.78. The van der Waals surface area contributed by atoms with Gasteiger partial charge >= 0.3 is 0 Å². The molecule has 2 rings (SSSR count). The number of thioether (sulfide) groups is 2. The molecule has 17 heavy (non-hydrogen) atoms. The minimum absolute atomic E-state index is 0.377. The predicted octanol–water partition coefficient (Wildman–Crippen LogP) is 1.57. The van der Waals surface area contributed by atoms with Crippen molar-refractivity contribution in [3.63, 3.8) is 0 Å². The van der Waals surface area contributed by atoms with Crippen molar-refractivity contribution in [2.45, 2.75) is 18.6 Å². The Morgan fingerprint density at radius 3 is 2.76 bits per heavy atom. The Bertz CT molecular complexity index is 211. The molecule has 0 aromatic heterocycles. The van der Waals surface area contributed by atoms with Crippen LogP contribution in [0, 0.1) is 0 Å². The molecule has 0 N–H and O–H groups in total. The summed E-state index contributed by atoms with van der Waals surface area (Å²) in [5.74, 6) is 5.23. The first-order chi connectivity index (χ1) is 8.40. The summed E-state index contributed by atoms with van der Waals surface area (Å²) in [6.07, 6.45) is 1.40. The minimum atomic E-state index is 0.377. The number of nitrogens with zero attached hydrogens (tertiary/aromatic N) is 1. The summed E-state index contributed by atoms with van der Waals surface area (Å²) in [5, 5.41) is 0. The second-order valence-corrected chi connectivity index (χ2v) is 6.87. The van der Waals surface area contributed by atoms with E-state index in [1.165, 1.54) is 23.0 Å². The molecule has 2 aliphatic heterocycles. The lowest BCUT2D eigenvalue weighted by Crippen LogP contribution is -2.49. The normalized spacial score (nSPS) is 29.1. The zero-order chi connectivity index (χ0) is 11.9. The minimum Gasteiger partial charge on any atom is -0.385 e. The summed E-state index contributed by atoms with van der Waals surface area (Å²) in [4.78, 5) is 2.63. The van der Waals surface area contributed by atoms with E-state index in [0.29, 0.717) is 6.10 Å². The molecule has 2 heterocycles. The second-order valence-electron chi connectivity index (χ2n) is 4.57. The summed E-state index contributed by atoms with van der Waals surface area (Å²) >= 11 is 4.22. The van der Waals surface area contributed by atoms with Crippen molar-refractivity contribution in [2.24, 2.45) is 0 Å². The van der Waals surface area contributed by atoms with E-state index in [0.717, 1.165) is 38.8 Å². The molecule has 0 aromatic carbocycles. The van der Waals surface area contributed by atoms with Gasteiger partial charge in [-0.25, -0.2) is 0 Å². The lowest BCUT2D eigenvalue weighted by atomic mass is 10.2. The summed E-state index contributed by atoms with van der Waals surface area (Å²) in [5.41, 5.74) is 0. The lowest BCUT2D eigenvalue weighted by Gasteiger charge is -2.37. The first kappa shape index (κ1) is 14.0. The number of ether oxygens (including phenoxy) is 2. The van der Waals surface area contributed by atoms with Crippen LogP contribution in [0.3, 0.4) is 0 Å². The fourth-order valence-corrected chi connectivity index (χ4v) is 4.94. The van der Waals surface area contributed by atoms with Crippen LogP contribution in [0.15, 0.2) is 0 Å². The number of morpholine rings is 1. The van der Waals surface area contributed by atoms with Crippen molar-refractivity contribution in [3.05, 3.63) is 0 Å². The molecule has 2 fully saturated rings. The first-order valence-electron chi connectivity index (χ1n) is 6.40. The molecule has 2 saturated heterocycles. The quantitative estimate of drug-likeness (QED) is 0.775. The third kappa shape index (κ3) is 4.63. The molecular formula is C12H23NO2S2. The highest BCUT2D eigenvalue weighted by Crippen LogP contribution is 2.22. The van der Waals surface area contributed by atoms with Gasteiger partial charge < -0.3 is 9.47 Å². The number of hydrogen-bond acceptors (Lipinski definition) is 5. The zero-order valence-electron chi connectivity index (χ0n) is 10.6. The van der Waals surface area contributed by atoms with Crippen LogP contribution in [0.5, 0.6) is 0 Å². The largest absolute Gasteiger partial charge is 0.385 e. The molecule has 1 atom stereocenters. The van der Waals surface area contributed by atoms with Crippen LogP contribution in [-0.4, -0.2) is 73.5 Å². The van der Waals surface area contributed by atoms with Crippen LogP contribution >= 0.6 is 23.5 Å². The fourth-order valence-electron chi connectivity index (χ4n) is 2.31. The molecule has 0 unspecified atom stereocenters. The molecule has 0 aromatic rings. The average Bonchev–Trinajstić information content (AvgIpc) is 2.65. The number of hydrogen-bond donors (Lipinski definition) is 0. The highest BCUT2D eigenvalue weighted by molar-refractivity contribution is 8.03. The monoisotopic (exact) mass is 277 g/mol. The fraction of sp³-hybridized carbons (Fsp3) is 1.00. The third-order valence-corrected chi connectivity index (χ3v) is 5.81. The van der Waals surface area contributed by atoms with Gasteiger partial charge in [0.2, 0.25) is 0 Å². The van der Waals surface area contributed by atoms with Crippen molar-refractivity contribution in [1.29, 1.82) is 0 Å². The standard InChI is InChI=1S/C12H23NO2S2/c1-14-4-2-12-8-13(3-5-15-12)11-9-16-6-7-17-10-11/h11-12H,2-10H2,1H3/t12-/m1/s1. The lowest BCUT2D eigenvalue weighted by molar-refractivity contribution is -0.0485. The van der Waals surface area contributed by atoms with Crippen LogP contribution in [0.25, 0.3) is 0 Å².